The van der Waals surface area contributed by atoms with Gasteiger partial charge in [0.2, 0.25) is 5.43 Å². The number of halogens is 2. The zero-order valence-electron chi connectivity index (χ0n) is 15.0. The molecule has 4 rings (SSSR count). The molecule has 3 heterocycles. The van der Waals surface area contributed by atoms with Crippen LogP contribution >= 0.6 is 11.8 Å². The summed E-state index contributed by atoms with van der Waals surface area (Å²) in [6.45, 7) is 4.22. The van der Waals surface area contributed by atoms with Gasteiger partial charge in [-0.2, -0.15) is 0 Å². The lowest BCUT2D eigenvalue weighted by molar-refractivity contribution is 0.0689. The van der Waals surface area contributed by atoms with Gasteiger partial charge in [0, 0.05) is 26.2 Å². The van der Waals surface area contributed by atoms with E-state index in [0.717, 1.165) is 6.07 Å². The number of nitrogens with zero attached hydrogens (tertiary/aromatic N) is 3. The minimum Gasteiger partial charge on any atom is -0.477 e. The van der Waals surface area contributed by atoms with Gasteiger partial charge in [0.05, 0.1) is 21.3 Å². The maximum Gasteiger partial charge on any atom is 0.342 e. The average Bonchev–Trinajstić information content (AvgIpc) is 2.60. The first-order valence-electron chi connectivity index (χ1n) is 8.78. The quantitative estimate of drug-likeness (QED) is 0.862. The molecule has 0 amide bonds. The van der Waals surface area contributed by atoms with Crippen molar-refractivity contribution in [2.75, 3.05) is 38.1 Å². The number of fused-ring (bicyclic) bond motifs is 3. The van der Waals surface area contributed by atoms with Crippen LogP contribution in [0, 0.1) is 11.6 Å². The van der Waals surface area contributed by atoms with Crippen molar-refractivity contribution in [2.45, 2.75) is 23.7 Å². The number of anilines is 1. The molecule has 1 fully saturated rings. The van der Waals surface area contributed by atoms with E-state index in [1.165, 1.54) is 11.8 Å². The highest BCUT2D eigenvalue weighted by atomic mass is 32.2. The van der Waals surface area contributed by atoms with Crippen molar-refractivity contribution >= 4 is 34.3 Å². The number of thioether (sulfide) groups is 1. The van der Waals surface area contributed by atoms with Gasteiger partial charge in [0.25, 0.3) is 0 Å². The second-order valence-corrected chi connectivity index (χ2v) is 8.04. The molecule has 1 N–H and O–H groups in total. The highest BCUT2D eigenvalue weighted by Gasteiger charge is 2.37. The molecular formula is C18H19F2N3O3S. The minimum absolute atomic E-state index is 0.000859. The van der Waals surface area contributed by atoms with E-state index < -0.39 is 28.6 Å². The third-order valence-corrected chi connectivity index (χ3v) is 6.67. The molecule has 2 aliphatic rings. The molecule has 1 aromatic carbocycles. The van der Waals surface area contributed by atoms with E-state index in [0.29, 0.717) is 32.6 Å². The first kappa shape index (κ1) is 18.2. The molecule has 0 saturated carbocycles. The van der Waals surface area contributed by atoms with Crippen LogP contribution in [0.2, 0.25) is 0 Å². The van der Waals surface area contributed by atoms with E-state index in [9.17, 15) is 19.1 Å². The van der Waals surface area contributed by atoms with Gasteiger partial charge in [-0.15, -0.1) is 0 Å². The topological polar surface area (TPSA) is 65.8 Å². The fourth-order valence-corrected chi connectivity index (χ4v) is 4.97. The number of likely N-dealkylation sites (N-methyl/N-ethyl adjacent to an activating group) is 1. The van der Waals surface area contributed by atoms with E-state index in [2.05, 4.69) is 4.90 Å². The fourth-order valence-electron chi connectivity index (χ4n) is 3.76. The number of carboxylic acids is 1. The fraction of sp³-hybridized carbons (Fsp3) is 0.444. The van der Waals surface area contributed by atoms with Crippen LogP contribution in [-0.4, -0.2) is 53.8 Å². The smallest absolute Gasteiger partial charge is 0.342 e. The molecule has 144 valence electrons. The predicted octanol–water partition coefficient (Wildman–Crippen LogP) is 2.74. The summed E-state index contributed by atoms with van der Waals surface area (Å²) in [5.74, 6) is -3.00. The SMILES string of the molecule is CCC1Sc2c(C(=O)O)c(=O)c3cc(F)c(N4CCN(C)CC4)c(F)c3n21. The molecule has 27 heavy (non-hydrogen) atoms. The van der Waals surface area contributed by atoms with Crippen molar-refractivity contribution in [3.05, 3.63) is 33.5 Å². The lowest BCUT2D eigenvalue weighted by Crippen LogP contribution is -2.45. The summed E-state index contributed by atoms with van der Waals surface area (Å²) in [6, 6.07) is 0.990. The summed E-state index contributed by atoms with van der Waals surface area (Å²) in [5, 5.41) is 9.26. The zero-order chi connectivity index (χ0) is 19.5. The van der Waals surface area contributed by atoms with Crippen molar-refractivity contribution < 1.29 is 18.7 Å². The lowest BCUT2D eigenvalue weighted by atomic mass is 10.1. The molecule has 0 radical (unpaired) electrons. The summed E-state index contributed by atoms with van der Waals surface area (Å²) >= 11 is 1.24. The summed E-state index contributed by atoms with van der Waals surface area (Å²) < 4.78 is 31.8. The van der Waals surface area contributed by atoms with Crippen LogP contribution < -0.4 is 10.3 Å². The summed E-state index contributed by atoms with van der Waals surface area (Å²) in [5.41, 5.74) is -1.39. The van der Waals surface area contributed by atoms with Crippen LogP contribution in [0.1, 0.15) is 29.1 Å². The molecule has 6 nitrogen and oxygen atoms in total. The Morgan fingerprint density at radius 2 is 1.96 bits per heavy atom. The molecule has 0 aliphatic carbocycles. The Balaban J connectivity index is 2.00. The number of aromatic nitrogens is 1. The van der Waals surface area contributed by atoms with Crippen molar-refractivity contribution in [3.8, 4) is 0 Å². The number of benzene rings is 1. The average molecular weight is 395 g/mol. The van der Waals surface area contributed by atoms with Crippen LogP contribution in [0.5, 0.6) is 0 Å². The maximum absolute atomic E-state index is 15.5. The van der Waals surface area contributed by atoms with E-state index in [1.807, 2.05) is 14.0 Å². The highest BCUT2D eigenvalue weighted by molar-refractivity contribution is 8.00. The number of carboxylic acid groups (broad SMARTS) is 1. The second-order valence-electron chi connectivity index (χ2n) is 6.87. The molecule has 1 unspecified atom stereocenters. The maximum atomic E-state index is 15.5. The molecule has 0 spiro atoms. The summed E-state index contributed by atoms with van der Waals surface area (Å²) in [7, 11) is 1.95. The number of hydrogen-bond acceptors (Lipinski definition) is 5. The number of pyridine rings is 1. The van der Waals surface area contributed by atoms with Crippen LogP contribution in [0.4, 0.5) is 14.5 Å². The Hall–Kier alpha value is -2.13. The third-order valence-electron chi connectivity index (χ3n) is 5.23. The van der Waals surface area contributed by atoms with E-state index in [4.69, 9.17) is 0 Å². The molecule has 2 aromatic rings. The Morgan fingerprint density at radius 3 is 2.56 bits per heavy atom. The lowest BCUT2D eigenvalue weighted by Gasteiger charge is -2.37. The van der Waals surface area contributed by atoms with Crippen molar-refractivity contribution in [1.82, 2.24) is 9.47 Å². The van der Waals surface area contributed by atoms with Gasteiger partial charge in [-0.25, -0.2) is 13.6 Å². The van der Waals surface area contributed by atoms with Gasteiger partial charge in [0.15, 0.2) is 5.82 Å². The number of rotatable bonds is 3. The van der Waals surface area contributed by atoms with Crippen LogP contribution in [-0.2, 0) is 0 Å². The van der Waals surface area contributed by atoms with E-state index >= 15 is 4.39 Å². The minimum atomic E-state index is -1.38. The van der Waals surface area contributed by atoms with E-state index in [1.54, 1.807) is 9.47 Å². The highest BCUT2D eigenvalue weighted by Crippen LogP contribution is 2.49. The standard InChI is InChI=1S/C18H19F2N3O3S/c1-3-11-23-14-9(16(24)12(18(25)26)17(23)27-11)8-10(19)15(13(14)20)22-6-4-21(2)5-7-22/h8,11H,3-7H2,1-2H3,(H,25,26). The molecule has 9 heteroatoms. The molecule has 2 aliphatic heterocycles. The summed E-state index contributed by atoms with van der Waals surface area (Å²) in [4.78, 5) is 27.9. The Morgan fingerprint density at radius 1 is 1.30 bits per heavy atom. The van der Waals surface area contributed by atoms with Gasteiger partial charge in [-0.1, -0.05) is 18.7 Å². The molecule has 1 saturated heterocycles. The first-order chi connectivity index (χ1) is 12.8. The van der Waals surface area contributed by atoms with Gasteiger partial charge in [0.1, 0.15) is 17.1 Å². The Bertz CT molecular complexity index is 1020. The number of hydrogen-bond donors (Lipinski definition) is 1. The normalized spacial score (nSPS) is 19.9. The van der Waals surface area contributed by atoms with Crippen molar-refractivity contribution in [2.24, 2.45) is 0 Å². The zero-order valence-corrected chi connectivity index (χ0v) is 15.8. The van der Waals surface area contributed by atoms with Gasteiger partial charge < -0.3 is 19.5 Å². The molecule has 1 aromatic heterocycles. The third kappa shape index (κ3) is 2.63. The van der Waals surface area contributed by atoms with Crippen LogP contribution in [0.25, 0.3) is 10.9 Å². The van der Waals surface area contributed by atoms with Crippen LogP contribution in [0.15, 0.2) is 15.9 Å². The van der Waals surface area contributed by atoms with Crippen molar-refractivity contribution in [1.29, 1.82) is 0 Å². The van der Waals surface area contributed by atoms with Crippen LogP contribution in [0.3, 0.4) is 0 Å². The predicted molar refractivity (Wildman–Crippen MR) is 100.0 cm³/mol. The number of carbonyl (C=O) groups is 1. The monoisotopic (exact) mass is 395 g/mol. The van der Waals surface area contributed by atoms with E-state index in [-0.39, 0.29) is 27.0 Å². The largest absolute Gasteiger partial charge is 0.477 e. The molecule has 1 atom stereocenters. The summed E-state index contributed by atoms with van der Waals surface area (Å²) in [6.07, 6.45) is 0.634. The van der Waals surface area contributed by atoms with Gasteiger partial charge in [-0.3, -0.25) is 4.79 Å². The number of aromatic carboxylic acids is 1. The first-order valence-corrected chi connectivity index (χ1v) is 9.66. The Kier molecular flexibility index (Phi) is 4.38. The number of piperazine rings is 1. The second kappa shape index (κ2) is 6.49. The van der Waals surface area contributed by atoms with Gasteiger partial charge in [-0.05, 0) is 19.5 Å². The molecule has 0 bridgehead atoms. The van der Waals surface area contributed by atoms with Gasteiger partial charge >= 0.3 is 5.97 Å². The Labute approximate surface area is 158 Å². The van der Waals surface area contributed by atoms with Crippen molar-refractivity contribution in [3.63, 3.8) is 0 Å². The molecular weight excluding hydrogens is 376 g/mol.